The Kier molecular flexibility index (Phi) is 6.26. The van der Waals surface area contributed by atoms with Gasteiger partial charge in [0.2, 0.25) is 5.91 Å². The normalized spacial score (nSPS) is 10.2. The zero-order chi connectivity index (χ0) is 13.4. The summed E-state index contributed by atoms with van der Waals surface area (Å²) in [6.45, 7) is 2.17. The van der Waals surface area contributed by atoms with Gasteiger partial charge in [0.05, 0.1) is 0 Å². The van der Waals surface area contributed by atoms with Gasteiger partial charge in [0, 0.05) is 31.9 Å². The van der Waals surface area contributed by atoms with Crippen molar-refractivity contribution in [1.29, 1.82) is 0 Å². The Morgan fingerprint density at radius 2 is 1.78 bits per heavy atom. The first-order chi connectivity index (χ1) is 8.63. The zero-order valence-corrected chi connectivity index (χ0v) is 11.7. The molecule has 0 radical (unpaired) electrons. The molecule has 1 amide bonds. The lowest BCUT2D eigenvalue weighted by molar-refractivity contribution is -0.116. The van der Waals surface area contributed by atoms with E-state index in [1.54, 1.807) is 0 Å². The van der Waals surface area contributed by atoms with Crippen LogP contribution in [-0.2, 0) is 4.79 Å². The summed E-state index contributed by atoms with van der Waals surface area (Å²) >= 11 is 0. The first-order valence-corrected chi connectivity index (χ1v) is 6.70. The molecule has 1 aromatic carbocycles. The molecule has 0 aliphatic carbocycles. The molecule has 0 fully saturated rings. The average Bonchev–Trinajstić information content (AvgIpc) is 2.35. The van der Waals surface area contributed by atoms with E-state index in [0.29, 0.717) is 6.42 Å². The monoisotopic (exact) mass is 248 g/mol. The van der Waals surface area contributed by atoms with Gasteiger partial charge in [0.15, 0.2) is 0 Å². The highest BCUT2D eigenvalue weighted by molar-refractivity contribution is 5.90. The fourth-order valence-corrected chi connectivity index (χ4v) is 1.78. The van der Waals surface area contributed by atoms with Gasteiger partial charge < -0.3 is 10.2 Å². The maximum Gasteiger partial charge on any atom is 0.224 e. The van der Waals surface area contributed by atoms with Crippen molar-refractivity contribution in [1.82, 2.24) is 0 Å². The Hall–Kier alpha value is -1.51. The SMILES string of the molecule is CCCCCCC(=O)Nc1ccc(N(C)C)cc1. The first-order valence-electron chi connectivity index (χ1n) is 6.70. The number of rotatable bonds is 7. The molecule has 0 atom stereocenters. The molecule has 0 unspecified atom stereocenters. The summed E-state index contributed by atoms with van der Waals surface area (Å²) in [4.78, 5) is 13.7. The molecule has 100 valence electrons. The third kappa shape index (κ3) is 5.21. The predicted molar refractivity (Wildman–Crippen MR) is 78.2 cm³/mol. The highest BCUT2D eigenvalue weighted by Crippen LogP contribution is 2.16. The van der Waals surface area contributed by atoms with Gasteiger partial charge in [-0.3, -0.25) is 4.79 Å². The topological polar surface area (TPSA) is 32.3 Å². The molecule has 0 saturated heterocycles. The molecule has 0 aromatic heterocycles. The Morgan fingerprint density at radius 1 is 1.11 bits per heavy atom. The number of nitrogens with zero attached hydrogens (tertiary/aromatic N) is 1. The number of hydrogen-bond acceptors (Lipinski definition) is 2. The summed E-state index contributed by atoms with van der Waals surface area (Å²) in [6, 6.07) is 7.90. The van der Waals surface area contributed by atoms with E-state index in [-0.39, 0.29) is 5.91 Å². The predicted octanol–water partition coefficient (Wildman–Crippen LogP) is 3.66. The molecule has 0 heterocycles. The van der Waals surface area contributed by atoms with Gasteiger partial charge >= 0.3 is 0 Å². The van der Waals surface area contributed by atoms with Crippen molar-refractivity contribution in [2.45, 2.75) is 39.0 Å². The molecule has 1 rings (SSSR count). The number of carbonyl (C=O) groups excluding carboxylic acids is 1. The van der Waals surface area contributed by atoms with Crippen molar-refractivity contribution < 1.29 is 4.79 Å². The summed E-state index contributed by atoms with van der Waals surface area (Å²) in [5, 5.41) is 2.93. The summed E-state index contributed by atoms with van der Waals surface area (Å²) in [7, 11) is 4.00. The summed E-state index contributed by atoms with van der Waals surface area (Å²) in [5.74, 6) is 0.115. The van der Waals surface area contributed by atoms with Crippen LogP contribution in [0.2, 0.25) is 0 Å². The van der Waals surface area contributed by atoms with E-state index >= 15 is 0 Å². The maximum absolute atomic E-state index is 11.7. The molecule has 0 saturated carbocycles. The van der Waals surface area contributed by atoms with Crippen LogP contribution in [0.25, 0.3) is 0 Å². The Balaban J connectivity index is 2.35. The van der Waals surface area contributed by atoms with E-state index < -0.39 is 0 Å². The number of amides is 1. The van der Waals surface area contributed by atoms with Crippen LogP contribution in [0.5, 0.6) is 0 Å². The second-order valence-electron chi connectivity index (χ2n) is 4.80. The molecule has 0 bridgehead atoms. The Morgan fingerprint density at radius 3 is 2.33 bits per heavy atom. The van der Waals surface area contributed by atoms with Crippen LogP contribution in [0.4, 0.5) is 11.4 Å². The third-order valence-corrected chi connectivity index (χ3v) is 2.92. The summed E-state index contributed by atoms with van der Waals surface area (Å²) < 4.78 is 0. The number of hydrogen-bond donors (Lipinski definition) is 1. The molecule has 0 aliphatic rings. The molecule has 0 aliphatic heterocycles. The average molecular weight is 248 g/mol. The van der Waals surface area contributed by atoms with E-state index in [0.717, 1.165) is 24.2 Å². The van der Waals surface area contributed by atoms with Crippen molar-refractivity contribution in [3.63, 3.8) is 0 Å². The van der Waals surface area contributed by atoms with Gasteiger partial charge in [0.1, 0.15) is 0 Å². The second-order valence-corrected chi connectivity index (χ2v) is 4.80. The van der Waals surface area contributed by atoms with Gasteiger partial charge in [0.25, 0.3) is 0 Å². The Labute approximate surface area is 110 Å². The quantitative estimate of drug-likeness (QED) is 0.747. The van der Waals surface area contributed by atoms with Crippen LogP contribution in [0.3, 0.4) is 0 Å². The minimum absolute atomic E-state index is 0.115. The van der Waals surface area contributed by atoms with E-state index in [9.17, 15) is 4.79 Å². The lowest BCUT2D eigenvalue weighted by Crippen LogP contribution is -2.12. The molecule has 18 heavy (non-hydrogen) atoms. The molecule has 0 spiro atoms. The molecule has 3 nitrogen and oxygen atoms in total. The van der Waals surface area contributed by atoms with E-state index in [2.05, 4.69) is 12.2 Å². The van der Waals surface area contributed by atoms with Crippen LogP contribution in [0.1, 0.15) is 39.0 Å². The summed E-state index contributed by atoms with van der Waals surface area (Å²) in [5.41, 5.74) is 2.01. The minimum atomic E-state index is 0.115. The highest BCUT2D eigenvalue weighted by atomic mass is 16.1. The lowest BCUT2D eigenvalue weighted by atomic mass is 10.1. The first kappa shape index (κ1) is 14.6. The Bertz CT molecular complexity index is 357. The van der Waals surface area contributed by atoms with Crippen LogP contribution in [0.15, 0.2) is 24.3 Å². The molecule has 1 aromatic rings. The molecular weight excluding hydrogens is 224 g/mol. The number of nitrogens with one attached hydrogen (secondary N) is 1. The fourth-order valence-electron chi connectivity index (χ4n) is 1.78. The van der Waals surface area contributed by atoms with Crippen molar-refractivity contribution in [2.75, 3.05) is 24.3 Å². The van der Waals surface area contributed by atoms with Crippen LogP contribution in [-0.4, -0.2) is 20.0 Å². The van der Waals surface area contributed by atoms with Crippen LogP contribution < -0.4 is 10.2 Å². The molecular formula is C15H24N2O. The van der Waals surface area contributed by atoms with Gasteiger partial charge in [-0.15, -0.1) is 0 Å². The van der Waals surface area contributed by atoms with Crippen LogP contribution >= 0.6 is 0 Å². The number of carbonyl (C=O) groups is 1. The van der Waals surface area contributed by atoms with Crippen molar-refractivity contribution in [3.8, 4) is 0 Å². The molecule has 1 N–H and O–H groups in total. The maximum atomic E-state index is 11.7. The third-order valence-electron chi connectivity index (χ3n) is 2.92. The largest absolute Gasteiger partial charge is 0.378 e. The van der Waals surface area contributed by atoms with E-state index in [1.165, 1.54) is 12.8 Å². The fraction of sp³-hybridized carbons (Fsp3) is 0.533. The van der Waals surface area contributed by atoms with E-state index in [1.807, 2.05) is 43.3 Å². The van der Waals surface area contributed by atoms with Crippen LogP contribution in [0, 0.1) is 0 Å². The van der Waals surface area contributed by atoms with Gasteiger partial charge in [-0.25, -0.2) is 0 Å². The number of benzene rings is 1. The second kappa shape index (κ2) is 7.75. The lowest BCUT2D eigenvalue weighted by Gasteiger charge is -2.13. The van der Waals surface area contributed by atoms with E-state index in [4.69, 9.17) is 0 Å². The van der Waals surface area contributed by atoms with Crippen molar-refractivity contribution in [3.05, 3.63) is 24.3 Å². The minimum Gasteiger partial charge on any atom is -0.378 e. The smallest absolute Gasteiger partial charge is 0.224 e. The van der Waals surface area contributed by atoms with Crippen molar-refractivity contribution >= 4 is 17.3 Å². The summed E-state index contributed by atoms with van der Waals surface area (Å²) in [6.07, 6.45) is 5.16. The molecule has 3 heteroatoms. The number of unbranched alkanes of at least 4 members (excludes halogenated alkanes) is 3. The van der Waals surface area contributed by atoms with Gasteiger partial charge in [-0.1, -0.05) is 26.2 Å². The standard InChI is InChI=1S/C15H24N2O/c1-4-5-6-7-8-15(18)16-13-9-11-14(12-10-13)17(2)3/h9-12H,4-8H2,1-3H3,(H,16,18). The highest BCUT2D eigenvalue weighted by Gasteiger charge is 2.02. The van der Waals surface area contributed by atoms with Gasteiger partial charge in [-0.05, 0) is 30.7 Å². The zero-order valence-electron chi connectivity index (χ0n) is 11.7. The van der Waals surface area contributed by atoms with Crippen molar-refractivity contribution in [2.24, 2.45) is 0 Å². The van der Waals surface area contributed by atoms with Gasteiger partial charge in [-0.2, -0.15) is 0 Å². The number of anilines is 2.